The first-order valence-corrected chi connectivity index (χ1v) is 8.08. The van der Waals surface area contributed by atoms with Crippen molar-refractivity contribution in [2.45, 2.75) is 19.5 Å². The molecule has 0 aliphatic heterocycles. The SMILES string of the molecule is CC(C(=O)Nc1cnn(Cc2ccc(F)cc2)c1)n1cc(Br)cn1. The van der Waals surface area contributed by atoms with Gasteiger partial charge in [-0.2, -0.15) is 10.2 Å². The molecule has 1 aromatic carbocycles. The lowest BCUT2D eigenvalue weighted by atomic mass is 10.2. The smallest absolute Gasteiger partial charge is 0.249 e. The van der Waals surface area contributed by atoms with Gasteiger partial charge in [-0.1, -0.05) is 12.1 Å². The maximum Gasteiger partial charge on any atom is 0.249 e. The summed E-state index contributed by atoms with van der Waals surface area (Å²) in [5, 5.41) is 11.1. The number of amides is 1. The van der Waals surface area contributed by atoms with E-state index in [0.717, 1.165) is 10.0 Å². The fourth-order valence-electron chi connectivity index (χ4n) is 2.18. The Kier molecular flexibility index (Phi) is 4.75. The zero-order chi connectivity index (χ0) is 17.1. The fourth-order valence-corrected chi connectivity index (χ4v) is 2.49. The molecule has 0 aliphatic carbocycles. The third kappa shape index (κ3) is 3.88. The molecule has 2 aromatic heterocycles. The quantitative estimate of drug-likeness (QED) is 0.725. The predicted molar refractivity (Wildman–Crippen MR) is 91.0 cm³/mol. The Bertz CT molecular complexity index is 842. The highest BCUT2D eigenvalue weighted by Crippen LogP contribution is 2.14. The van der Waals surface area contributed by atoms with E-state index in [0.29, 0.717) is 12.2 Å². The van der Waals surface area contributed by atoms with Crippen LogP contribution < -0.4 is 5.32 Å². The number of rotatable bonds is 5. The lowest BCUT2D eigenvalue weighted by Crippen LogP contribution is -2.23. The normalized spacial score (nSPS) is 12.1. The summed E-state index contributed by atoms with van der Waals surface area (Å²) in [5.74, 6) is -0.460. The van der Waals surface area contributed by atoms with Gasteiger partial charge in [0.2, 0.25) is 5.91 Å². The molecule has 6 nitrogen and oxygen atoms in total. The lowest BCUT2D eigenvalue weighted by Gasteiger charge is -2.11. The first-order chi connectivity index (χ1) is 11.5. The van der Waals surface area contributed by atoms with Gasteiger partial charge in [0.05, 0.1) is 29.1 Å². The Morgan fingerprint density at radius 3 is 2.67 bits per heavy atom. The number of carbonyl (C=O) groups excluding carboxylic acids is 1. The Morgan fingerprint density at radius 2 is 2.00 bits per heavy atom. The van der Waals surface area contributed by atoms with Crippen LogP contribution >= 0.6 is 15.9 Å². The number of hydrogen-bond acceptors (Lipinski definition) is 3. The van der Waals surface area contributed by atoms with Crippen molar-refractivity contribution in [2.75, 3.05) is 5.32 Å². The van der Waals surface area contributed by atoms with E-state index in [1.165, 1.54) is 12.1 Å². The Hall–Kier alpha value is -2.48. The second-order valence-electron chi connectivity index (χ2n) is 5.36. The largest absolute Gasteiger partial charge is 0.322 e. The first-order valence-electron chi connectivity index (χ1n) is 7.28. The third-order valence-corrected chi connectivity index (χ3v) is 3.91. The van der Waals surface area contributed by atoms with Crippen molar-refractivity contribution in [2.24, 2.45) is 0 Å². The van der Waals surface area contributed by atoms with Gasteiger partial charge >= 0.3 is 0 Å². The molecule has 1 N–H and O–H groups in total. The molecule has 1 amide bonds. The van der Waals surface area contributed by atoms with Crippen molar-refractivity contribution in [1.29, 1.82) is 0 Å². The maximum absolute atomic E-state index is 12.9. The van der Waals surface area contributed by atoms with Crippen molar-refractivity contribution in [3.8, 4) is 0 Å². The van der Waals surface area contributed by atoms with Crippen LogP contribution in [-0.2, 0) is 11.3 Å². The van der Waals surface area contributed by atoms with E-state index in [2.05, 4.69) is 31.4 Å². The summed E-state index contributed by atoms with van der Waals surface area (Å²) in [6.07, 6.45) is 6.67. The Balaban J connectivity index is 1.63. The van der Waals surface area contributed by atoms with Gasteiger partial charge < -0.3 is 5.32 Å². The second kappa shape index (κ2) is 6.96. The van der Waals surface area contributed by atoms with Crippen LogP contribution in [0.4, 0.5) is 10.1 Å². The summed E-state index contributed by atoms with van der Waals surface area (Å²) >= 11 is 3.30. The molecule has 0 radical (unpaired) electrons. The van der Waals surface area contributed by atoms with E-state index in [9.17, 15) is 9.18 Å². The monoisotopic (exact) mass is 391 g/mol. The number of halogens is 2. The van der Waals surface area contributed by atoms with Gasteiger partial charge in [-0.05, 0) is 40.5 Å². The molecule has 0 bridgehead atoms. The summed E-state index contributed by atoms with van der Waals surface area (Å²) in [6.45, 7) is 2.26. The Morgan fingerprint density at radius 1 is 1.25 bits per heavy atom. The molecule has 1 unspecified atom stereocenters. The highest BCUT2D eigenvalue weighted by atomic mass is 79.9. The molecule has 124 valence electrons. The molecule has 1 atom stereocenters. The molecule has 0 spiro atoms. The molecular weight excluding hydrogens is 377 g/mol. The van der Waals surface area contributed by atoms with Crippen LogP contribution in [0.5, 0.6) is 0 Å². The van der Waals surface area contributed by atoms with Crippen molar-refractivity contribution >= 4 is 27.5 Å². The molecule has 8 heteroatoms. The van der Waals surface area contributed by atoms with Gasteiger partial charge in [0.25, 0.3) is 0 Å². The minimum absolute atomic E-state index is 0.188. The average molecular weight is 392 g/mol. The number of carbonyl (C=O) groups is 1. The zero-order valence-corrected chi connectivity index (χ0v) is 14.4. The minimum Gasteiger partial charge on any atom is -0.322 e. The summed E-state index contributed by atoms with van der Waals surface area (Å²) < 4.78 is 17.0. The number of hydrogen-bond donors (Lipinski definition) is 1. The van der Waals surface area contributed by atoms with Crippen LogP contribution in [0, 0.1) is 5.82 Å². The van der Waals surface area contributed by atoms with E-state index >= 15 is 0 Å². The first kappa shape index (κ1) is 16.4. The maximum atomic E-state index is 12.9. The number of anilines is 1. The minimum atomic E-state index is -0.447. The van der Waals surface area contributed by atoms with Crippen molar-refractivity contribution in [1.82, 2.24) is 19.6 Å². The molecule has 0 fully saturated rings. The zero-order valence-electron chi connectivity index (χ0n) is 12.9. The number of nitrogens with zero attached hydrogens (tertiary/aromatic N) is 4. The molecule has 3 aromatic rings. The fraction of sp³-hybridized carbons (Fsp3) is 0.188. The van der Waals surface area contributed by atoms with E-state index in [1.54, 1.807) is 53.2 Å². The molecule has 3 rings (SSSR count). The third-order valence-electron chi connectivity index (χ3n) is 3.50. The number of aromatic nitrogens is 4. The molecule has 0 saturated carbocycles. The van der Waals surface area contributed by atoms with Crippen LogP contribution in [0.3, 0.4) is 0 Å². The van der Waals surface area contributed by atoms with Crippen LogP contribution in [0.15, 0.2) is 53.5 Å². The van der Waals surface area contributed by atoms with Gasteiger partial charge in [0.15, 0.2) is 0 Å². The molecule has 24 heavy (non-hydrogen) atoms. The molecule has 2 heterocycles. The van der Waals surface area contributed by atoms with Crippen LogP contribution in [0.1, 0.15) is 18.5 Å². The summed E-state index contributed by atoms with van der Waals surface area (Å²) in [6, 6.07) is 5.77. The van der Waals surface area contributed by atoms with Crippen LogP contribution in [-0.4, -0.2) is 25.5 Å². The van der Waals surface area contributed by atoms with Crippen molar-refractivity contribution < 1.29 is 9.18 Å². The number of nitrogens with one attached hydrogen (secondary N) is 1. The molecular formula is C16H15BrFN5O. The van der Waals surface area contributed by atoms with Gasteiger partial charge in [-0.25, -0.2) is 4.39 Å². The predicted octanol–water partition coefficient (Wildman–Crippen LogP) is 3.23. The highest BCUT2D eigenvalue weighted by Gasteiger charge is 2.16. The summed E-state index contributed by atoms with van der Waals surface area (Å²) in [5.41, 5.74) is 1.52. The molecule has 0 aliphatic rings. The van der Waals surface area contributed by atoms with E-state index in [1.807, 2.05) is 0 Å². The Labute approximate surface area is 146 Å². The van der Waals surface area contributed by atoms with Crippen LogP contribution in [0.25, 0.3) is 0 Å². The summed E-state index contributed by atoms with van der Waals surface area (Å²) in [7, 11) is 0. The van der Waals surface area contributed by atoms with Crippen molar-refractivity contribution in [3.63, 3.8) is 0 Å². The van der Waals surface area contributed by atoms with Crippen LogP contribution in [0.2, 0.25) is 0 Å². The summed E-state index contributed by atoms with van der Waals surface area (Å²) in [4.78, 5) is 12.3. The second-order valence-corrected chi connectivity index (χ2v) is 6.27. The number of benzene rings is 1. The average Bonchev–Trinajstić information content (AvgIpc) is 3.18. The van der Waals surface area contributed by atoms with E-state index in [-0.39, 0.29) is 11.7 Å². The standard InChI is InChI=1S/C16H15BrFN5O/c1-11(23-9-13(17)6-20-23)16(24)21-15-7-19-22(10-15)8-12-2-4-14(18)5-3-12/h2-7,9-11H,8H2,1H3,(H,21,24). The topological polar surface area (TPSA) is 64.7 Å². The van der Waals surface area contributed by atoms with Gasteiger partial charge in [-0.15, -0.1) is 0 Å². The lowest BCUT2D eigenvalue weighted by molar-refractivity contribution is -0.119. The van der Waals surface area contributed by atoms with Gasteiger partial charge in [-0.3, -0.25) is 14.2 Å². The highest BCUT2D eigenvalue weighted by molar-refractivity contribution is 9.10. The van der Waals surface area contributed by atoms with Crippen molar-refractivity contribution in [3.05, 3.63) is 64.9 Å². The molecule has 0 saturated heterocycles. The van der Waals surface area contributed by atoms with E-state index < -0.39 is 6.04 Å². The van der Waals surface area contributed by atoms with Gasteiger partial charge in [0, 0.05) is 12.4 Å². The van der Waals surface area contributed by atoms with Gasteiger partial charge in [0.1, 0.15) is 11.9 Å². The van der Waals surface area contributed by atoms with E-state index in [4.69, 9.17) is 0 Å².